The van der Waals surface area contributed by atoms with Crippen molar-refractivity contribution in [2.24, 2.45) is 0 Å². The number of anilines is 2. The number of nitrogens with two attached hydrogens (primary N) is 1. The van der Waals surface area contributed by atoms with Crippen molar-refractivity contribution in [1.29, 1.82) is 0 Å². The number of benzene rings is 2. The molecule has 2 aromatic carbocycles. The molecule has 0 atom stereocenters. The number of carbonyl (C=O) groups excluding carboxylic acids is 1. The van der Waals surface area contributed by atoms with Crippen molar-refractivity contribution in [2.45, 2.75) is 6.18 Å². The Morgan fingerprint density at radius 3 is 2.67 bits per heavy atom. The summed E-state index contributed by atoms with van der Waals surface area (Å²) in [5.74, 6) is -0.470. The zero-order valence-electron chi connectivity index (χ0n) is 13.8. The highest BCUT2D eigenvalue weighted by Crippen LogP contribution is 2.34. The number of thiazole rings is 1. The standard InChI is InChI=1S/C18H14F3N3O2S/c19-18(20,21)12-3-1-2-4-14(12)24-17(25)8-26-16-6-5-11(7-13(16)22)15-9-27-10-23-15/h1-7,9-10H,8,22H2,(H,24,25). The number of carbonyl (C=O) groups is 1. The number of rotatable bonds is 5. The molecule has 0 aliphatic heterocycles. The minimum atomic E-state index is -4.57. The Kier molecular flexibility index (Phi) is 5.31. The van der Waals surface area contributed by atoms with Gasteiger partial charge in [0.15, 0.2) is 6.61 Å². The van der Waals surface area contributed by atoms with Crippen molar-refractivity contribution in [3.05, 3.63) is 58.9 Å². The Labute approximate surface area is 156 Å². The summed E-state index contributed by atoms with van der Waals surface area (Å²) in [5, 5.41) is 4.07. The Hall–Kier alpha value is -3.07. The summed E-state index contributed by atoms with van der Waals surface area (Å²) < 4.78 is 44.2. The third kappa shape index (κ3) is 4.56. The average molecular weight is 393 g/mol. The second-order valence-electron chi connectivity index (χ2n) is 5.51. The summed E-state index contributed by atoms with van der Waals surface area (Å²) in [5.41, 5.74) is 8.21. The normalized spacial score (nSPS) is 11.2. The van der Waals surface area contributed by atoms with Gasteiger partial charge in [-0.15, -0.1) is 11.3 Å². The lowest BCUT2D eigenvalue weighted by Crippen LogP contribution is -2.22. The lowest BCUT2D eigenvalue weighted by molar-refractivity contribution is -0.137. The van der Waals surface area contributed by atoms with Crippen LogP contribution in [0.4, 0.5) is 24.5 Å². The van der Waals surface area contributed by atoms with Crippen LogP contribution in [-0.4, -0.2) is 17.5 Å². The van der Waals surface area contributed by atoms with Gasteiger partial charge in [0.05, 0.1) is 28.1 Å². The SMILES string of the molecule is Nc1cc(-c2cscn2)ccc1OCC(=O)Nc1ccccc1C(F)(F)F. The van der Waals surface area contributed by atoms with Crippen LogP contribution in [0.25, 0.3) is 11.3 Å². The summed E-state index contributed by atoms with van der Waals surface area (Å²) >= 11 is 1.45. The number of nitrogens with one attached hydrogen (secondary N) is 1. The Bertz CT molecular complexity index is 943. The van der Waals surface area contributed by atoms with Crippen molar-refractivity contribution in [2.75, 3.05) is 17.7 Å². The second-order valence-corrected chi connectivity index (χ2v) is 6.23. The van der Waals surface area contributed by atoms with E-state index in [1.165, 1.54) is 29.5 Å². The first-order chi connectivity index (χ1) is 12.8. The molecule has 140 valence electrons. The van der Waals surface area contributed by atoms with Crippen molar-refractivity contribution >= 4 is 28.6 Å². The number of amides is 1. The van der Waals surface area contributed by atoms with E-state index in [1.807, 2.05) is 5.38 Å². The van der Waals surface area contributed by atoms with Crippen LogP contribution < -0.4 is 15.8 Å². The molecule has 0 fully saturated rings. The van der Waals surface area contributed by atoms with Crippen LogP contribution in [-0.2, 0) is 11.0 Å². The summed E-state index contributed by atoms with van der Waals surface area (Å²) in [6.45, 7) is -0.480. The van der Waals surface area contributed by atoms with Crippen LogP contribution in [0.5, 0.6) is 5.75 Å². The number of alkyl halides is 3. The number of para-hydroxylation sites is 1. The molecule has 0 radical (unpaired) electrons. The summed E-state index contributed by atoms with van der Waals surface area (Å²) in [7, 11) is 0. The molecule has 0 aliphatic rings. The first-order valence-electron chi connectivity index (χ1n) is 7.71. The lowest BCUT2D eigenvalue weighted by Gasteiger charge is -2.14. The van der Waals surface area contributed by atoms with E-state index in [4.69, 9.17) is 10.5 Å². The summed E-state index contributed by atoms with van der Waals surface area (Å²) in [6, 6.07) is 9.70. The van der Waals surface area contributed by atoms with Crippen LogP contribution in [0, 0.1) is 0 Å². The Morgan fingerprint density at radius 1 is 1.22 bits per heavy atom. The van der Waals surface area contributed by atoms with Crippen LogP contribution >= 0.6 is 11.3 Å². The van der Waals surface area contributed by atoms with Crippen molar-refractivity contribution in [1.82, 2.24) is 4.98 Å². The second kappa shape index (κ2) is 7.67. The van der Waals surface area contributed by atoms with E-state index in [2.05, 4.69) is 10.3 Å². The monoisotopic (exact) mass is 393 g/mol. The average Bonchev–Trinajstić information content (AvgIpc) is 3.15. The maximum Gasteiger partial charge on any atom is 0.418 e. The molecule has 3 N–H and O–H groups in total. The molecule has 0 saturated heterocycles. The first kappa shape index (κ1) is 18.7. The van der Waals surface area contributed by atoms with Gasteiger partial charge in [-0.2, -0.15) is 13.2 Å². The highest BCUT2D eigenvalue weighted by Gasteiger charge is 2.33. The molecule has 3 rings (SSSR count). The topological polar surface area (TPSA) is 77.2 Å². The lowest BCUT2D eigenvalue weighted by atomic mass is 10.1. The predicted octanol–water partition coefficient (Wildman–Crippen LogP) is 4.43. The van der Waals surface area contributed by atoms with Gasteiger partial charge in [-0.1, -0.05) is 12.1 Å². The van der Waals surface area contributed by atoms with Crippen LogP contribution in [0.1, 0.15) is 5.56 Å². The molecular weight excluding hydrogens is 379 g/mol. The number of ether oxygens (including phenoxy) is 1. The van der Waals surface area contributed by atoms with Gasteiger partial charge in [-0.25, -0.2) is 4.98 Å². The molecule has 0 saturated carbocycles. The van der Waals surface area contributed by atoms with E-state index in [9.17, 15) is 18.0 Å². The first-order valence-corrected chi connectivity index (χ1v) is 8.66. The smallest absolute Gasteiger partial charge is 0.418 e. The predicted molar refractivity (Wildman–Crippen MR) is 97.5 cm³/mol. The van der Waals surface area contributed by atoms with E-state index in [0.29, 0.717) is 5.69 Å². The highest BCUT2D eigenvalue weighted by atomic mass is 32.1. The van der Waals surface area contributed by atoms with Gasteiger partial charge in [0, 0.05) is 10.9 Å². The maximum atomic E-state index is 13.0. The highest BCUT2D eigenvalue weighted by molar-refractivity contribution is 7.07. The van der Waals surface area contributed by atoms with Gasteiger partial charge in [-0.3, -0.25) is 4.79 Å². The largest absolute Gasteiger partial charge is 0.482 e. The third-order valence-corrected chi connectivity index (χ3v) is 4.19. The van der Waals surface area contributed by atoms with E-state index in [0.717, 1.165) is 17.3 Å². The molecule has 1 amide bonds. The molecule has 27 heavy (non-hydrogen) atoms. The van der Waals surface area contributed by atoms with Crippen LogP contribution in [0.3, 0.4) is 0 Å². The number of hydrogen-bond donors (Lipinski definition) is 2. The summed E-state index contributed by atoms with van der Waals surface area (Å²) in [6.07, 6.45) is -4.57. The molecule has 3 aromatic rings. The molecular formula is C18H14F3N3O2S. The number of halogens is 3. The molecule has 0 unspecified atom stereocenters. The molecule has 0 bridgehead atoms. The van der Waals surface area contributed by atoms with Gasteiger partial charge >= 0.3 is 6.18 Å². The Balaban J connectivity index is 1.65. The summed E-state index contributed by atoms with van der Waals surface area (Å²) in [4.78, 5) is 16.1. The fourth-order valence-corrected chi connectivity index (χ4v) is 2.92. The van der Waals surface area contributed by atoms with Crippen molar-refractivity contribution in [3.8, 4) is 17.0 Å². The van der Waals surface area contributed by atoms with Crippen LogP contribution in [0.2, 0.25) is 0 Å². The van der Waals surface area contributed by atoms with Crippen molar-refractivity contribution in [3.63, 3.8) is 0 Å². The molecule has 9 heteroatoms. The minimum absolute atomic E-state index is 0.258. The quantitative estimate of drug-likeness (QED) is 0.629. The van der Waals surface area contributed by atoms with Gasteiger partial charge < -0.3 is 15.8 Å². The van der Waals surface area contributed by atoms with E-state index >= 15 is 0 Å². The number of nitrogens with zero attached hydrogens (tertiary/aromatic N) is 1. The van der Waals surface area contributed by atoms with E-state index in [-0.39, 0.29) is 11.4 Å². The van der Waals surface area contributed by atoms with Gasteiger partial charge in [0.25, 0.3) is 5.91 Å². The number of nitrogen functional groups attached to an aromatic ring is 1. The van der Waals surface area contributed by atoms with Crippen molar-refractivity contribution < 1.29 is 22.7 Å². The zero-order chi connectivity index (χ0) is 19.4. The minimum Gasteiger partial charge on any atom is -0.482 e. The molecule has 0 spiro atoms. The third-order valence-electron chi connectivity index (χ3n) is 3.60. The number of aromatic nitrogens is 1. The molecule has 5 nitrogen and oxygen atoms in total. The fourth-order valence-electron chi connectivity index (χ4n) is 2.36. The van der Waals surface area contributed by atoms with Gasteiger partial charge in [-0.05, 0) is 30.3 Å². The molecule has 1 heterocycles. The fraction of sp³-hybridized carbons (Fsp3) is 0.111. The van der Waals surface area contributed by atoms with Gasteiger partial charge in [0.1, 0.15) is 5.75 Å². The van der Waals surface area contributed by atoms with Crippen LogP contribution in [0.15, 0.2) is 53.4 Å². The van der Waals surface area contributed by atoms with E-state index in [1.54, 1.807) is 23.7 Å². The van der Waals surface area contributed by atoms with Gasteiger partial charge in [0.2, 0.25) is 0 Å². The zero-order valence-corrected chi connectivity index (χ0v) is 14.6. The maximum absolute atomic E-state index is 13.0. The Morgan fingerprint density at radius 2 is 2.00 bits per heavy atom. The molecule has 1 aromatic heterocycles. The number of hydrogen-bond acceptors (Lipinski definition) is 5. The molecule has 0 aliphatic carbocycles. The van der Waals surface area contributed by atoms with E-state index < -0.39 is 24.3 Å².